The van der Waals surface area contributed by atoms with E-state index in [1.54, 1.807) is 0 Å². The number of carbonyl (C=O) groups is 1. The zero-order valence-electron chi connectivity index (χ0n) is 12.0. The molecule has 9 nitrogen and oxygen atoms in total. The molecule has 0 saturated carbocycles. The molecule has 22 heavy (non-hydrogen) atoms. The lowest BCUT2D eigenvalue weighted by atomic mass is 9.99. The van der Waals surface area contributed by atoms with Gasteiger partial charge in [0.25, 0.3) is 0 Å². The zero-order valence-corrected chi connectivity index (χ0v) is 12.8. The van der Waals surface area contributed by atoms with Crippen LogP contribution in [0.1, 0.15) is 0 Å². The molecule has 1 rings (SSSR count). The van der Waals surface area contributed by atoms with Crippen LogP contribution in [0.3, 0.4) is 0 Å². The van der Waals surface area contributed by atoms with Gasteiger partial charge >= 0.3 is 0 Å². The number of hydrogen-bond donors (Lipinski definition) is 5. The average Bonchev–Trinajstić information content (AvgIpc) is 2.49. The van der Waals surface area contributed by atoms with Crippen molar-refractivity contribution in [3.63, 3.8) is 0 Å². The van der Waals surface area contributed by atoms with Gasteiger partial charge < -0.3 is 35.2 Å². The summed E-state index contributed by atoms with van der Waals surface area (Å²) in [5, 5.41) is 41.5. The third kappa shape index (κ3) is 5.72. The van der Waals surface area contributed by atoms with Gasteiger partial charge in [-0.25, -0.2) is 0 Å². The van der Waals surface area contributed by atoms with Crippen LogP contribution in [0.25, 0.3) is 0 Å². The molecule has 0 spiro atoms. The Bertz CT molecular complexity index is 416. The first kappa shape index (κ1) is 19.2. The van der Waals surface area contributed by atoms with Gasteiger partial charge in [0, 0.05) is 35.1 Å². The molecule has 1 heterocycles. The maximum absolute atomic E-state index is 11.3. The molecule has 1 saturated heterocycles. The number of hydrogen-bond acceptors (Lipinski definition) is 8. The van der Waals surface area contributed by atoms with Gasteiger partial charge in [-0.05, 0) is 0 Å². The van der Waals surface area contributed by atoms with Gasteiger partial charge in [-0.2, -0.15) is 0 Å². The number of aliphatic hydroxyl groups excluding tert-OH is 4. The Hall–Kier alpha value is -0.880. The highest BCUT2D eigenvalue weighted by atomic mass is 32.2. The van der Waals surface area contributed by atoms with Crippen LogP contribution in [-0.4, -0.2) is 87.3 Å². The quantitative estimate of drug-likeness (QED) is 0.241. The minimum absolute atomic E-state index is 0.0303. The van der Waals surface area contributed by atoms with Crippen molar-refractivity contribution in [1.29, 1.82) is 0 Å². The van der Waals surface area contributed by atoms with Crippen LogP contribution in [0.4, 0.5) is 0 Å². The smallest absolute Gasteiger partial charge is 0.244 e. The minimum Gasteiger partial charge on any atom is -0.394 e. The van der Waals surface area contributed by atoms with Crippen molar-refractivity contribution in [2.75, 3.05) is 26.0 Å². The van der Waals surface area contributed by atoms with E-state index in [1.807, 2.05) is 0 Å². The lowest BCUT2D eigenvalue weighted by molar-refractivity contribution is -0.300. The van der Waals surface area contributed by atoms with Crippen LogP contribution in [0.2, 0.25) is 0 Å². The van der Waals surface area contributed by atoms with Crippen molar-refractivity contribution in [2.45, 2.75) is 30.7 Å². The normalized spacial score (nSPS) is 33.8. The number of carbonyl (C=O) groups excluding carboxylic acids is 1. The molecule has 1 amide bonds. The fourth-order valence-corrected chi connectivity index (χ4v) is 2.09. The van der Waals surface area contributed by atoms with E-state index in [0.29, 0.717) is 0 Å². The van der Waals surface area contributed by atoms with Gasteiger partial charge in [0.05, 0.1) is 13.2 Å². The summed E-state index contributed by atoms with van der Waals surface area (Å²) in [6.07, 6.45) is -4.15. The molecule has 0 aromatic heterocycles. The summed E-state index contributed by atoms with van der Waals surface area (Å²) < 4.78 is 21.0. The third-order valence-electron chi connectivity index (χ3n) is 2.94. The molecule has 1 fully saturated rings. The Kier molecular flexibility index (Phi) is 8.10. The van der Waals surface area contributed by atoms with Crippen molar-refractivity contribution >= 4 is 16.7 Å². The molecule has 1 unspecified atom stereocenters. The largest absolute Gasteiger partial charge is 0.394 e. The van der Waals surface area contributed by atoms with Gasteiger partial charge in [0.15, 0.2) is 6.29 Å². The molecule has 0 bridgehead atoms. The maximum atomic E-state index is 11.3. The first-order chi connectivity index (χ1) is 10.4. The number of rotatable bonds is 7. The molecule has 128 valence electrons. The third-order valence-corrected chi connectivity index (χ3v) is 3.46. The van der Waals surface area contributed by atoms with Crippen molar-refractivity contribution in [2.24, 2.45) is 0 Å². The van der Waals surface area contributed by atoms with E-state index in [0.717, 1.165) is 6.08 Å². The van der Waals surface area contributed by atoms with Crippen molar-refractivity contribution in [3.05, 3.63) is 11.5 Å². The van der Waals surface area contributed by atoms with E-state index >= 15 is 0 Å². The molecule has 5 N–H and O–H groups in total. The van der Waals surface area contributed by atoms with Crippen LogP contribution in [0.15, 0.2) is 11.5 Å². The second kappa shape index (κ2) is 9.30. The molecule has 0 aliphatic carbocycles. The molecular formula is C12H21NO8S. The Morgan fingerprint density at radius 1 is 1.32 bits per heavy atom. The van der Waals surface area contributed by atoms with E-state index in [2.05, 4.69) is 5.32 Å². The molecule has 10 heteroatoms. The Morgan fingerprint density at radius 3 is 2.59 bits per heavy atom. The van der Waals surface area contributed by atoms with E-state index in [1.165, 1.54) is 11.7 Å². The summed E-state index contributed by atoms with van der Waals surface area (Å²) in [6.45, 7) is -0.480. The minimum atomic E-state index is -1.51. The monoisotopic (exact) mass is 339 g/mol. The van der Waals surface area contributed by atoms with E-state index < -0.39 is 54.0 Å². The summed E-state index contributed by atoms with van der Waals surface area (Å²) in [7, 11) is -1.22. The summed E-state index contributed by atoms with van der Waals surface area (Å²) in [5.41, 5.74) is 0. The molecule has 0 aromatic rings. The second-order valence-electron chi connectivity index (χ2n) is 4.66. The maximum Gasteiger partial charge on any atom is 0.244 e. The highest BCUT2D eigenvalue weighted by molar-refractivity contribution is 7.87. The topological polar surface area (TPSA) is 146 Å². The number of nitrogens with one attached hydrogen (secondary N) is 1. The molecule has 1 aliphatic rings. The number of amides is 1. The van der Waals surface area contributed by atoms with Gasteiger partial charge in [-0.1, -0.05) is 0 Å². The lowest BCUT2D eigenvalue weighted by Gasteiger charge is -2.39. The first-order valence-electron chi connectivity index (χ1n) is 6.57. The average molecular weight is 339 g/mol. The molecule has 0 aromatic carbocycles. The molecule has 6 atom stereocenters. The highest BCUT2D eigenvalue weighted by Gasteiger charge is 2.43. The summed E-state index contributed by atoms with van der Waals surface area (Å²) >= 11 is 0. The van der Waals surface area contributed by atoms with Crippen LogP contribution >= 0.6 is 0 Å². The first-order valence-corrected chi connectivity index (χ1v) is 8.19. The van der Waals surface area contributed by atoms with Crippen molar-refractivity contribution in [3.8, 4) is 0 Å². The Morgan fingerprint density at radius 2 is 2.00 bits per heavy atom. The number of ether oxygens (including phenoxy) is 2. The van der Waals surface area contributed by atoms with E-state index in [4.69, 9.17) is 14.6 Å². The van der Waals surface area contributed by atoms with Gasteiger partial charge in [-0.15, -0.1) is 0 Å². The van der Waals surface area contributed by atoms with Gasteiger partial charge in [0.2, 0.25) is 5.91 Å². The highest BCUT2D eigenvalue weighted by Crippen LogP contribution is 2.21. The van der Waals surface area contributed by atoms with E-state index in [9.17, 15) is 24.3 Å². The van der Waals surface area contributed by atoms with Crippen LogP contribution < -0.4 is 5.32 Å². The fourth-order valence-electron chi connectivity index (χ4n) is 1.77. The van der Waals surface area contributed by atoms with Crippen molar-refractivity contribution in [1.82, 2.24) is 5.32 Å². The molecule has 0 radical (unpaired) electrons. The second-order valence-corrected chi connectivity index (χ2v) is 5.93. The van der Waals surface area contributed by atoms with Crippen LogP contribution in [0, 0.1) is 0 Å². The number of aliphatic hydroxyl groups is 4. The summed E-state index contributed by atoms with van der Waals surface area (Å²) in [5.74, 6) is -0.451. The SMILES string of the molecule is CS(=O)/C=C/C(=O)NCCO[C@@H]1O[C@H](CO)[C@@H](O)[C@H](O)[C@H]1O. The molecule has 1 aliphatic heterocycles. The van der Waals surface area contributed by atoms with Crippen LogP contribution in [-0.2, 0) is 25.1 Å². The van der Waals surface area contributed by atoms with Gasteiger partial charge in [-0.3, -0.25) is 9.00 Å². The van der Waals surface area contributed by atoms with Gasteiger partial charge in [0.1, 0.15) is 24.4 Å². The molecular weight excluding hydrogens is 318 g/mol. The zero-order chi connectivity index (χ0) is 16.7. The lowest BCUT2D eigenvalue weighted by Crippen LogP contribution is -2.59. The summed E-state index contributed by atoms with van der Waals surface area (Å²) in [6, 6.07) is 0. The van der Waals surface area contributed by atoms with E-state index in [-0.39, 0.29) is 13.2 Å². The fraction of sp³-hybridized carbons (Fsp3) is 0.750. The predicted octanol–water partition coefficient (Wildman–Crippen LogP) is -3.19. The predicted molar refractivity (Wildman–Crippen MR) is 75.9 cm³/mol. The Labute approximate surface area is 130 Å². The summed E-state index contributed by atoms with van der Waals surface area (Å²) in [4.78, 5) is 11.3. The van der Waals surface area contributed by atoms with Crippen LogP contribution in [0.5, 0.6) is 0 Å². The standard InChI is InChI=1S/C12H21NO8S/c1-22(19)5-2-8(15)13-3-4-20-12-11(18)10(17)9(16)7(6-14)21-12/h2,5,7,9-12,14,16-18H,3-4,6H2,1H3,(H,13,15)/b5-2+/t7-,9-,10+,11-,12-,22?/m1/s1. The van der Waals surface area contributed by atoms with Crippen molar-refractivity contribution < 1.29 is 38.9 Å². The Balaban J connectivity index is 2.35.